The molecule has 1 atom stereocenters. The summed E-state index contributed by atoms with van der Waals surface area (Å²) in [6.45, 7) is 8.87. The highest BCUT2D eigenvalue weighted by molar-refractivity contribution is 5.88. The lowest BCUT2D eigenvalue weighted by molar-refractivity contribution is -0.134. The van der Waals surface area contributed by atoms with Crippen LogP contribution >= 0.6 is 0 Å². The quantitative estimate of drug-likeness (QED) is 0.891. The van der Waals surface area contributed by atoms with Gasteiger partial charge in [0.25, 0.3) is 0 Å². The summed E-state index contributed by atoms with van der Waals surface area (Å²) in [5, 5.41) is 3.34. The number of hydrogen-bond acceptors (Lipinski definition) is 3. The summed E-state index contributed by atoms with van der Waals surface area (Å²) in [6.07, 6.45) is 0. The number of nitrogens with zero attached hydrogens (tertiary/aromatic N) is 2. The van der Waals surface area contributed by atoms with Gasteiger partial charge in [-0.15, -0.1) is 0 Å². The minimum absolute atomic E-state index is 0.00296. The SMILES string of the molecule is CC(C)N1CCN(C(=O)C2CNc3ccccc32)CC1. The Hall–Kier alpha value is -1.55. The summed E-state index contributed by atoms with van der Waals surface area (Å²) in [4.78, 5) is 17.2. The molecule has 108 valence electrons. The molecule has 0 radical (unpaired) electrons. The van der Waals surface area contributed by atoms with E-state index in [9.17, 15) is 4.79 Å². The minimum Gasteiger partial charge on any atom is -0.384 e. The largest absolute Gasteiger partial charge is 0.384 e. The molecule has 1 fully saturated rings. The Balaban J connectivity index is 1.67. The van der Waals surface area contributed by atoms with Crippen LogP contribution < -0.4 is 5.32 Å². The predicted molar refractivity (Wildman–Crippen MR) is 81.0 cm³/mol. The number of rotatable bonds is 2. The molecule has 0 aromatic heterocycles. The van der Waals surface area contributed by atoms with Gasteiger partial charge in [-0.05, 0) is 25.5 Å². The third-order valence-electron chi connectivity index (χ3n) is 4.49. The topological polar surface area (TPSA) is 35.6 Å². The highest BCUT2D eigenvalue weighted by atomic mass is 16.2. The fourth-order valence-corrected chi connectivity index (χ4v) is 3.18. The summed E-state index contributed by atoms with van der Waals surface area (Å²) in [5.74, 6) is 0.280. The second-order valence-corrected chi connectivity index (χ2v) is 5.98. The highest BCUT2D eigenvalue weighted by Crippen LogP contribution is 2.32. The van der Waals surface area contributed by atoms with E-state index >= 15 is 0 Å². The Morgan fingerprint density at radius 2 is 1.90 bits per heavy atom. The van der Waals surface area contributed by atoms with Crippen molar-refractivity contribution in [1.29, 1.82) is 0 Å². The van der Waals surface area contributed by atoms with E-state index in [1.54, 1.807) is 0 Å². The van der Waals surface area contributed by atoms with Crippen molar-refractivity contribution in [1.82, 2.24) is 9.80 Å². The van der Waals surface area contributed by atoms with E-state index in [1.807, 2.05) is 17.0 Å². The van der Waals surface area contributed by atoms with Crippen LogP contribution in [0.4, 0.5) is 5.69 Å². The molecule has 2 heterocycles. The highest BCUT2D eigenvalue weighted by Gasteiger charge is 2.33. The van der Waals surface area contributed by atoms with Crippen LogP contribution in [0.1, 0.15) is 25.3 Å². The third kappa shape index (κ3) is 2.40. The van der Waals surface area contributed by atoms with Crippen LogP contribution in [-0.2, 0) is 4.79 Å². The van der Waals surface area contributed by atoms with Gasteiger partial charge in [0, 0.05) is 44.5 Å². The zero-order chi connectivity index (χ0) is 14.1. The van der Waals surface area contributed by atoms with E-state index in [0.29, 0.717) is 6.04 Å². The van der Waals surface area contributed by atoms with Crippen molar-refractivity contribution in [2.45, 2.75) is 25.8 Å². The lowest BCUT2D eigenvalue weighted by Crippen LogP contribution is -2.51. The number of benzene rings is 1. The lowest BCUT2D eigenvalue weighted by Gasteiger charge is -2.37. The van der Waals surface area contributed by atoms with Crippen LogP contribution in [0.3, 0.4) is 0 Å². The van der Waals surface area contributed by atoms with Gasteiger partial charge in [0.2, 0.25) is 5.91 Å². The zero-order valence-electron chi connectivity index (χ0n) is 12.3. The molecule has 20 heavy (non-hydrogen) atoms. The number of amides is 1. The van der Waals surface area contributed by atoms with Gasteiger partial charge in [-0.1, -0.05) is 18.2 Å². The van der Waals surface area contributed by atoms with Crippen molar-refractivity contribution in [3.8, 4) is 0 Å². The summed E-state index contributed by atoms with van der Waals surface area (Å²) >= 11 is 0. The number of carbonyl (C=O) groups is 1. The molecule has 1 aromatic carbocycles. The van der Waals surface area contributed by atoms with Crippen molar-refractivity contribution in [2.24, 2.45) is 0 Å². The number of carbonyl (C=O) groups excluding carboxylic acids is 1. The molecule has 4 heteroatoms. The summed E-state index contributed by atoms with van der Waals surface area (Å²) < 4.78 is 0. The molecule has 0 saturated carbocycles. The third-order valence-corrected chi connectivity index (χ3v) is 4.49. The lowest BCUT2D eigenvalue weighted by atomic mass is 9.99. The second kappa shape index (κ2) is 5.44. The zero-order valence-corrected chi connectivity index (χ0v) is 12.3. The van der Waals surface area contributed by atoms with Gasteiger partial charge in [-0.25, -0.2) is 0 Å². The maximum absolute atomic E-state index is 12.7. The summed E-state index contributed by atoms with van der Waals surface area (Å²) in [7, 11) is 0. The van der Waals surface area contributed by atoms with Crippen LogP contribution in [0.5, 0.6) is 0 Å². The van der Waals surface area contributed by atoms with Gasteiger partial charge >= 0.3 is 0 Å². The van der Waals surface area contributed by atoms with E-state index in [2.05, 4.69) is 36.2 Å². The van der Waals surface area contributed by atoms with E-state index < -0.39 is 0 Å². The fraction of sp³-hybridized carbons (Fsp3) is 0.562. The Morgan fingerprint density at radius 1 is 1.20 bits per heavy atom. The number of piperazine rings is 1. The molecule has 3 rings (SSSR count). The molecule has 4 nitrogen and oxygen atoms in total. The first-order valence-electron chi connectivity index (χ1n) is 7.52. The molecule has 1 aromatic rings. The molecule has 2 aliphatic rings. The van der Waals surface area contributed by atoms with Crippen molar-refractivity contribution < 1.29 is 4.79 Å². The van der Waals surface area contributed by atoms with E-state index in [1.165, 1.54) is 0 Å². The molecule has 1 amide bonds. The number of anilines is 1. The second-order valence-electron chi connectivity index (χ2n) is 5.98. The van der Waals surface area contributed by atoms with Gasteiger partial charge in [0.15, 0.2) is 0 Å². The van der Waals surface area contributed by atoms with Crippen molar-refractivity contribution in [2.75, 3.05) is 38.0 Å². The number of hydrogen-bond donors (Lipinski definition) is 1. The number of para-hydroxylation sites is 1. The Bertz CT molecular complexity index is 492. The Kier molecular flexibility index (Phi) is 3.66. The fourth-order valence-electron chi connectivity index (χ4n) is 3.18. The molecule has 1 unspecified atom stereocenters. The van der Waals surface area contributed by atoms with Gasteiger partial charge in [-0.2, -0.15) is 0 Å². The average molecular weight is 273 g/mol. The molecule has 0 bridgehead atoms. The molecule has 1 saturated heterocycles. The number of fused-ring (bicyclic) bond motifs is 1. The van der Waals surface area contributed by atoms with Crippen LogP contribution in [-0.4, -0.2) is 54.5 Å². The van der Waals surface area contributed by atoms with Crippen LogP contribution in [0.25, 0.3) is 0 Å². The monoisotopic (exact) mass is 273 g/mol. The van der Waals surface area contributed by atoms with E-state index in [0.717, 1.165) is 44.0 Å². The summed E-state index contributed by atoms with van der Waals surface area (Å²) in [6, 6.07) is 8.73. The van der Waals surface area contributed by atoms with Gasteiger partial charge < -0.3 is 10.2 Å². The first-order chi connectivity index (χ1) is 9.66. The molecule has 2 aliphatic heterocycles. The van der Waals surface area contributed by atoms with E-state index in [-0.39, 0.29) is 11.8 Å². The maximum atomic E-state index is 12.7. The molecular formula is C16H23N3O. The van der Waals surface area contributed by atoms with Crippen molar-refractivity contribution in [3.63, 3.8) is 0 Å². The van der Waals surface area contributed by atoms with Crippen molar-refractivity contribution in [3.05, 3.63) is 29.8 Å². The summed E-state index contributed by atoms with van der Waals surface area (Å²) in [5.41, 5.74) is 2.27. The van der Waals surface area contributed by atoms with Crippen molar-refractivity contribution >= 4 is 11.6 Å². The van der Waals surface area contributed by atoms with Crippen LogP contribution in [0, 0.1) is 0 Å². The van der Waals surface area contributed by atoms with Gasteiger partial charge in [0.05, 0.1) is 5.92 Å². The van der Waals surface area contributed by atoms with Crippen LogP contribution in [0.2, 0.25) is 0 Å². The minimum atomic E-state index is -0.00296. The number of nitrogens with one attached hydrogen (secondary N) is 1. The molecule has 0 spiro atoms. The van der Waals surface area contributed by atoms with Gasteiger partial charge in [-0.3, -0.25) is 9.69 Å². The average Bonchev–Trinajstić information content (AvgIpc) is 2.90. The first kappa shape index (κ1) is 13.4. The molecule has 1 N–H and O–H groups in total. The molecular weight excluding hydrogens is 250 g/mol. The predicted octanol–water partition coefficient (Wildman–Crippen LogP) is 1.75. The van der Waals surface area contributed by atoms with Crippen LogP contribution in [0.15, 0.2) is 24.3 Å². The standard InChI is InChI=1S/C16H23N3O/c1-12(2)18-7-9-19(10-8-18)16(20)14-11-17-15-6-4-3-5-13(14)15/h3-6,12,14,17H,7-11H2,1-2H3. The van der Waals surface area contributed by atoms with E-state index in [4.69, 9.17) is 0 Å². The Labute approximate surface area is 120 Å². The Morgan fingerprint density at radius 3 is 2.60 bits per heavy atom. The maximum Gasteiger partial charge on any atom is 0.232 e. The smallest absolute Gasteiger partial charge is 0.232 e. The first-order valence-corrected chi connectivity index (χ1v) is 7.52. The van der Waals surface area contributed by atoms with Gasteiger partial charge in [0.1, 0.15) is 0 Å². The normalized spacial score (nSPS) is 22.8. The molecule has 0 aliphatic carbocycles.